The minimum Gasteiger partial charge on any atom is -0.353 e. The summed E-state index contributed by atoms with van der Waals surface area (Å²) in [5, 5.41) is 24.8. The number of carbonyl (C=O) groups excluding carboxylic acids is 2. The van der Waals surface area contributed by atoms with E-state index in [4.69, 9.17) is 0 Å². The molecule has 0 spiro atoms. The maximum absolute atomic E-state index is 12.6. The molecule has 1 N–H and O–H groups in total. The average molecular weight is 512 g/mol. The minimum atomic E-state index is -0.760. The number of non-ortho nitro benzene ring substituents is 1. The number of nitrogens with one attached hydrogen (secondary N) is 1. The largest absolute Gasteiger partial charge is 0.353 e. The standard InChI is InChI=1S/C23H18BrN3O4S/c1-13-21(14(2)28)22(16-4-3-5-18(10-16)27(30)31)19(11-25)23(26-13)32-12-20(29)15-6-8-17(24)9-7-15/h3-10,22,26H,12H2,1-2H3/t22-/m0/s1. The highest BCUT2D eigenvalue weighted by molar-refractivity contribution is 9.10. The Balaban J connectivity index is 1.99. The van der Waals surface area contributed by atoms with Crippen molar-refractivity contribution in [2.24, 2.45) is 0 Å². The van der Waals surface area contributed by atoms with Gasteiger partial charge in [0.15, 0.2) is 11.6 Å². The van der Waals surface area contributed by atoms with Crippen LogP contribution in [0.4, 0.5) is 5.69 Å². The summed E-state index contributed by atoms with van der Waals surface area (Å²) < 4.78 is 0.863. The number of halogens is 1. The normalized spacial score (nSPS) is 15.8. The molecule has 2 aromatic carbocycles. The molecule has 32 heavy (non-hydrogen) atoms. The van der Waals surface area contributed by atoms with Crippen LogP contribution in [0.15, 0.2) is 74.9 Å². The van der Waals surface area contributed by atoms with Crippen LogP contribution in [0.1, 0.15) is 35.7 Å². The Bertz CT molecular complexity index is 1210. The van der Waals surface area contributed by atoms with Crippen LogP contribution in [0.3, 0.4) is 0 Å². The molecule has 0 amide bonds. The lowest BCUT2D eigenvalue weighted by atomic mass is 9.81. The van der Waals surface area contributed by atoms with Crippen molar-refractivity contribution in [2.75, 3.05) is 5.75 Å². The zero-order chi connectivity index (χ0) is 23.4. The first-order valence-electron chi connectivity index (χ1n) is 9.51. The zero-order valence-corrected chi connectivity index (χ0v) is 19.6. The van der Waals surface area contributed by atoms with Gasteiger partial charge in [0.2, 0.25) is 0 Å². The van der Waals surface area contributed by atoms with Gasteiger partial charge in [-0.15, -0.1) is 0 Å². The van der Waals surface area contributed by atoms with Crippen LogP contribution in [0.25, 0.3) is 0 Å². The Hall–Kier alpha value is -3.22. The van der Waals surface area contributed by atoms with Crippen LogP contribution >= 0.6 is 27.7 Å². The molecular weight excluding hydrogens is 494 g/mol. The number of Topliss-reactive ketones (excluding diaryl/α,β-unsaturated/α-hetero) is 2. The topological polar surface area (TPSA) is 113 Å². The smallest absolute Gasteiger partial charge is 0.269 e. The van der Waals surface area contributed by atoms with Gasteiger partial charge in [-0.2, -0.15) is 5.26 Å². The molecule has 1 atom stereocenters. The molecular formula is C23H18BrN3O4S. The number of nitrogens with zero attached hydrogens (tertiary/aromatic N) is 2. The predicted molar refractivity (Wildman–Crippen MR) is 126 cm³/mol. The van der Waals surface area contributed by atoms with E-state index in [1.165, 1.54) is 36.9 Å². The van der Waals surface area contributed by atoms with Crippen molar-refractivity contribution in [3.8, 4) is 6.07 Å². The monoisotopic (exact) mass is 511 g/mol. The molecule has 0 bridgehead atoms. The van der Waals surface area contributed by atoms with E-state index in [1.54, 1.807) is 37.3 Å². The van der Waals surface area contributed by atoms with E-state index in [2.05, 4.69) is 27.3 Å². The molecule has 0 aromatic heterocycles. The fourth-order valence-electron chi connectivity index (χ4n) is 3.50. The SMILES string of the molecule is CC(=O)C1=C(C)NC(SCC(=O)c2ccc(Br)cc2)=C(C#N)[C@@H]1c1cccc([N+](=O)[O-])c1. The minimum absolute atomic E-state index is 0.0828. The number of rotatable bonds is 7. The van der Waals surface area contributed by atoms with E-state index >= 15 is 0 Å². The second-order valence-corrected chi connectivity index (χ2v) is 8.98. The second-order valence-electron chi connectivity index (χ2n) is 7.08. The third-order valence-electron chi connectivity index (χ3n) is 4.95. The van der Waals surface area contributed by atoms with E-state index in [9.17, 15) is 25.0 Å². The fourth-order valence-corrected chi connectivity index (χ4v) is 4.75. The van der Waals surface area contributed by atoms with E-state index in [0.717, 1.165) is 4.47 Å². The quantitative estimate of drug-likeness (QED) is 0.306. The van der Waals surface area contributed by atoms with Crippen molar-refractivity contribution in [1.29, 1.82) is 5.26 Å². The van der Waals surface area contributed by atoms with Crippen molar-refractivity contribution >= 4 is 44.9 Å². The number of nitriles is 1. The summed E-state index contributed by atoms with van der Waals surface area (Å²) in [5.41, 5.74) is 2.05. The average Bonchev–Trinajstić information content (AvgIpc) is 2.77. The number of nitro benzene ring substituents is 1. The van der Waals surface area contributed by atoms with Crippen LogP contribution in [0.5, 0.6) is 0 Å². The zero-order valence-electron chi connectivity index (χ0n) is 17.2. The number of allylic oxidation sites excluding steroid dienone is 3. The molecule has 0 radical (unpaired) electrons. The number of thioether (sulfide) groups is 1. The predicted octanol–water partition coefficient (Wildman–Crippen LogP) is 5.26. The first-order valence-corrected chi connectivity index (χ1v) is 11.3. The van der Waals surface area contributed by atoms with Gasteiger partial charge in [-0.3, -0.25) is 19.7 Å². The van der Waals surface area contributed by atoms with Gasteiger partial charge in [0.1, 0.15) is 0 Å². The molecule has 0 saturated carbocycles. The van der Waals surface area contributed by atoms with Gasteiger partial charge in [-0.25, -0.2) is 0 Å². The number of hydrogen-bond donors (Lipinski definition) is 1. The summed E-state index contributed by atoms with van der Waals surface area (Å²) in [5.74, 6) is -1.03. The molecule has 1 aliphatic heterocycles. The highest BCUT2D eigenvalue weighted by Gasteiger charge is 2.34. The summed E-state index contributed by atoms with van der Waals surface area (Å²) in [6.07, 6.45) is 0. The summed E-state index contributed by atoms with van der Waals surface area (Å²) >= 11 is 4.50. The van der Waals surface area contributed by atoms with Crippen LogP contribution in [-0.4, -0.2) is 22.2 Å². The van der Waals surface area contributed by atoms with Crippen LogP contribution in [-0.2, 0) is 4.79 Å². The van der Waals surface area contributed by atoms with Crippen LogP contribution in [0.2, 0.25) is 0 Å². The number of hydrogen-bond acceptors (Lipinski definition) is 7. The molecule has 1 heterocycles. The lowest BCUT2D eigenvalue weighted by molar-refractivity contribution is -0.384. The molecule has 7 nitrogen and oxygen atoms in total. The van der Waals surface area contributed by atoms with Crippen LogP contribution < -0.4 is 5.32 Å². The molecule has 162 valence electrons. The number of dihydropyridines is 1. The third-order valence-corrected chi connectivity index (χ3v) is 6.50. The van der Waals surface area contributed by atoms with Gasteiger partial charge in [-0.1, -0.05) is 52.0 Å². The van der Waals surface area contributed by atoms with Gasteiger partial charge < -0.3 is 5.32 Å². The van der Waals surface area contributed by atoms with E-state index in [-0.39, 0.29) is 28.6 Å². The molecule has 0 fully saturated rings. The highest BCUT2D eigenvalue weighted by Crippen LogP contribution is 2.41. The van der Waals surface area contributed by atoms with Crippen molar-refractivity contribution in [1.82, 2.24) is 5.32 Å². The molecule has 2 aromatic rings. The Kier molecular flexibility index (Phi) is 7.28. The number of benzene rings is 2. The lowest BCUT2D eigenvalue weighted by Gasteiger charge is -2.29. The third kappa shape index (κ3) is 4.98. The van der Waals surface area contributed by atoms with E-state index in [1.807, 2.05) is 0 Å². The van der Waals surface area contributed by atoms with Gasteiger partial charge in [0.25, 0.3) is 5.69 Å². The van der Waals surface area contributed by atoms with Gasteiger partial charge >= 0.3 is 0 Å². The first-order chi connectivity index (χ1) is 15.2. The van der Waals surface area contributed by atoms with Crippen molar-refractivity contribution < 1.29 is 14.5 Å². The Morgan fingerprint density at radius 1 is 1.25 bits per heavy atom. The molecule has 0 saturated heterocycles. The number of ketones is 2. The Morgan fingerprint density at radius 2 is 1.94 bits per heavy atom. The van der Waals surface area contributed by atoms with Gasteiger partial charge in [0, 0.05) is 33.4 Å². The first kappa shape index (κ1) is 23.4. The van der Waals surface area contributed by atoms with E-state index < -0.39 is 10.8 Å². The summed E-state index contributed by atoms with van der Waals surface area (Å²) in [4.78, 5) is 35.8. The number of nitro groups is 1. The van der Waals surface area contributed by atoms with Gasteiger partial charge in [0.05, 0.1) is 33.3 Å². The van der Waals surface area contributed by atoms with Crippen LogP contribution in [0, 0.1) is 21.4 Å². The number of carbonyl (C=O) groups is 2. The van der Waals surface area contributed by atoms with Crippen molar-refractivity contribution in [2.45, 2.75) is 19.8 Å². The Labute approximate surface area is 197 Å². The fraction of sp³-hybridized carbons (Fsp3) is 0.174. The van der Waals surface area contributed by atoms with Gasteiger partial charge in [-0.05, 0) is 31.5 Å². The second kappa shape index (κ2) is 9.94. The summed E-state index contributed by atoms with van der Waals surface area (Å²) in [7, 11) is 0. The van der Waals surface area contributed by atoms with E-state index in [0.29, 0.717) is 27.4 Å². The molecule has 1 aliphatic rings. The molecule has 0 unspecified atom stereocenters. The van der Waals surface area contributed by atoms with Crippen molar-refractivity contribution in [3.63, 3.8) is 0 Å². The maximum Gasteiger partial charge on any atom is 0.269 e. The Morgan fingerprint density at radius 3 is 2.53 bits per heavy atom. The summed E-state index contributed by atoms with van der Waals surface area (Å²) in [6, 6.07) is 15.1. The molecule has 0 aliphatic carbocycles. The molecule has 9 heteroatoms. The maximum atomic E-state index is 12.6. The molecule has 3 rings (SSSR count). The highest BCUT2D eigenvalue weighted by atomic mass is 79.9. The lowest BCUT2D eigenvalue weighted by Crippen LogP contribution is -2.27. The van der Waals surface area contributed by atoms with Crippen molar-refractivity contribution in [3.05, 3.63) is 96.1 Å². The summed E-state index contributed by atoms with van der Waals surface area (Å²) in [6.45, 7) is 3.11.